The molecule has 0 amide bonds. The first-order valence-corrected chi connectivity index (χ1v) is 8.37. The van der Waals surface area contributed by atoms with Gasteiger partial charge < -0.3 is 9.13 Å². The first-order valence-electron chi connectivity index (χ1n) is 7.11. The lowest BCUT2D eigenvalue weighted by molar-refractivity contribution is 0.426. The van der Waals surface area contributed by atoms with E-state index < -0.39 is 9.84 Å². The molecule has 0 bridgehead atoms. The van der Waals surface area contributed by atoms with Gasteiger partial charge in [-0.2, -0.15) is 0 Å². The highest BCUT2D eigenvalue weighted by Gasteiger charge is 2.31. The third-order valence-electron chi connectivity index (χ3n) is 3.08. The minimum absolute atomic E-state index is 0.319. The second-order valence-electron chi connectivity index (χ2n) is 8.00. The number of hydrogen-bond acceptors (Lipinski definition) is 3. The van der Waals surface area contributed by atoms with Crippen molar-refractivity contribution in [1.29, 1.82) is 0 Å². The molecule has 1 aliphatic heterocycles. The fourth-order valence-corrected chi connectivity index (χ4v) is 5.36. The molecule has 4 heteroatoms. The van der Waals surface area contributed by atoms with Crippen LogP contribution in [0, 0.1) is 10.8 Å². The van der Waals surface area contributed by atoms with Gasteiger partial charge in [-0.1, -0.05) is 41.5 Å². The van der Waals surface area contributed by atoms with Crippen LogP contribution in [0.4, 0.5) is 11.5 Å². The van der Waals surface area contributed by atoms with Crippen LogP contribution in [0.1, 0.15) is 41.5 Å². The molecule has 0 spiro atoms. The van der Waals surface area contributed by atoms with Crippen LogP contribution in [0.15, 0.2) is 18.3 Å². The molecule has 0 atom stereocenters. The average Bonchev–Trinajstić information content (AvgIpc) is 2.53. The lowest BCUT2D eigenvalue weighted by atomic mass is 9.96. The third kappa shape index (κ3) is 3.72. The summed E-state index contributed by atoms with van der Waals surface area (Å²) in [6, 6.07) is 4.28. The maximum atomic E-state index is 4.62. The predicted octanol–water partition coefficient (Wildman–Crippen LogP) is 2.80. The Morgan fingerprint density at radius 3 is 2.16 bits per heavy atom. The van der Waals surface area contributed by atoms with E-state index in [0.717, 1.165) is 13.1 Å². The zero-order valence-corrected chi connectivity index (χ0v) is 14.6. The van der Waals surface area contributed by atoms with E-state index in [1.807, 2.05) is 6.20 Å². The molecule has 2 rings (SSSR count). The number of aromatic nitrogens is 1. The average molecular weight is 277 g/mol. The number of pyridine rings is 1. The lowest BCUT2D eigenvalue weighted by Gasteiger charge is -2.30. The van der Waals surface area contributed by atoms with Crippen LogP contribution in [0.2, 0.25) is 0 Å². The molecule has 0 unspecified atom stereocenters. The van der Waals surface area contributed by atoms with E-state index in [4.69, 9.17) is 0 Å². The van der Waals surface area contributed by atoms with E-state index in [1.54, 1.807) is 0 Å². The number of nitrogens with zero attached hydrogens (tertiary/aromatic N) is 3. The van der Waals surface area contributed by atoms with Crippen molar-refractivity contribution >= 4 is 21.3 Å². The smallest absolute Gasteiger partial charge is 0.232 e. The second-order valence-corrected chi connectivity index (χ2v) is 9.81. The van der Waals surface area contributed by atoms with Gasteiger partial charge in [0, 0.05) is 19.3 Å². The molecule has 0 radical (unpaired) electrons. The van der Waals surface area contributed by atoms with Crippen LogP contribution in [0.3, 0.4) is 0 Å². The molecular weight excluding hydrogens is 250 g/mol. The lowest BCUT2D eigenvalue weighted by Crippen LogP contribution is -2.42. The molecule has 1 aliphatic rings. The number of rotatable bonds is 2. The topological polar surface area (TPSA) is 19.4 Å². The van der Waals surface area contributed by atoms with Gasteiger partial charge in [0.1, 0.15) is 5.82 Å². The number of hydrogen-bond donors (Lipinski definition) is 0. The molecule has 1 aromatic rings. The molecule has 2 heterocycles. The third-order valence-corrected chi connectivity index (χ3v) is 4.85. The van der Waals surface area contributed by atoms with Crippen LogP contribution < -0.4 is 9.13 Å². The van der Waals surface area contributed by atoms with Gasteiger partial charge in [0.2, 0.25) is 9.84 Å². The molecule has 106 valence electrons. The Labute approximate surface area is 120 Å². The van der Waals surface area contributed by atoms with Gasteiger partial charge in [-0.3, -0.25) is 0 Å². The summed E-state index contributed by atoms with van der Waals surface area (Å²) in [5, 5.41) is 0. The maximum absolute atomic E-state index is 4.62. The van der Waals surface area contributed by atoms with Gasteiger partial charge in [-0.15, -0.1) is 0 Å². The first-order chi connectivity index (χ1) is 8.66. The summed E-state index contributed by atoms with van der Waals surface area (Å²) in [7, 11) is -0.438. The standard InChI is InChI=1S/C15H27N3Si/c1-14(2,3)10-17-12-8-7-9-16-13(12)18(19-17)11-15(4,5)6/h7-9H,10-11,19H2,1-6H3. The van der Waals surface area contributed by atoms with Crippen molar-refractivity contribution in [3.63, 3.8) is 0 Å². The summed E-state index contributed by atoms with van der Waals surface area (Å²) < 4.78 is 5.13. The molecule has 0 saturated heterocycles. The summed E-state index contributed by atoms with van der Waals surface area (Å²) in [6.07, 6.45) is 1.92. The predicted molar refractivity (Wildman–Crippen MR) is 86.4 cm³/mol. The normalized spacial score (nSPS) is 17.2. The molecule has 19 heavy (non-hydrogen) atoms. The van der Waals surface area contributed by atoms with Gasteiger partial charge in [0.05, 0.1) is 5.69 Å². The molecule has 0 aromatic carbocycles. The summed E-state index contributed by atoms with van der Waals surface area (Å²) >= 11 is 0. The van der Waals surface area contributed by atoms with Crippen molar-refractivity contribution in [1.82, 2.24) is 4.98 Å². The second kappa shape index (κ2) is 4.82. The van der Waals surface area contributed by atoms with Crippen LogP contribution in [0.5, 0.6) is 0 Å². The minimum Gasteiger partial charge on any atom is -0.382 e. The highest BCUT2D eigenvalue weighted by molar-refractivity contribution is 6.50. The van der Waals surface area contributed by atoms with Crippen molar-refractivity contribution < 1.29 is 0 Å². The van der Waals surface area contributed by atoms with E-state index in [1.165, 1.54) is 11.5 Å². The first kappa shape index (κ1) is 14.4. The molecular formula is C15H27N3Si. The zero-order valence-electron chi connectivity index (χ0n) is 13.2. The Bertz CT molecular complexity index is 404. The summed E-state index contributed by atoms with van der Waals surface area (Å²) in [5.41, 5.74) is 1.99. The van der Waals surface area contributed by atoms with Crippen molar-refractivity contribution in [2.45, 2.75) is 41.5 Å². The summed E-state index contributed by atoms with van der Waals surface area (Å²) in [6.45, 7) is 16.1. The molecule has 0 fully saturated rings. The molecule has 0 N–H and O–H groups in total. The monoisotopic (exact) mass is 277 g/mol. The van der Waals surface area contributed by atoms with Gasteiger partial charge in [0.15, 0.2) is 0 Å². The van der Waals surface area contributed by atoms with E-state index in [9.17, 15) is 0 Å². The molecule has 0 saturated carbocycles. The quantitative estimate of drug-likeness (QED) is 0.775. The maximum Gasteiger partial charge on any atom is 0.232 e. The zero-order chi connectivity index (χ0) is 14.3. The fraction of sp³-hybridized carbons (Fsp3) is 0.667. The van der Waals surface area contributed by atoms with E-state index >= 15 is 0 Å². The number of fused-ring (bicyclic) bond motifs is 1. The van der Waals surface area contributed by atoms with Crippen molar-refractivity contribution in [3.8, 4) is 0 Å². The minimum atomic E-state index is -0.438. The number of anilines is 2. The summed E-state index contributed by atoms with van der Waals surface area (Å²) in [4.78, 5) is 4.62. The van der Waals surface area contributed by atoms with Gasteiger partial charge in [0.25, 0.3) is 0 Å². The van der Waals surface area contributed by atoms with Gasteiger partial charge in [-0.05, 0) is 23.0 Å². The van der Waals surface area contributed by atoms with Crippen molar-refractivity contribution in [3.05, 3.63) is 18.3 Å². The molecule has 0 aliphatic carbocycles. The highest BCUT2D eigenvalue weighted by atomic mass is 28.2. The van der Waals surface area contributed by atoms with E-state index in [-0.39, 0.29) is 0 Å². The summed E-state index contributed by atoms with van der Waals surface area (Å²) in [5.74, 6) is 1.20. The van der Waals surface area contributed by atoms with Crippen molar-refractivity contribution in [2.75, 3.05) is 22.2 Å². The Morgan fingerprint density at radius 1 is 1.00 bits per heavy atom. The molecule has 3 nitrogen and oxygen atoms in total. The van der Waals surface area contributed by atoms with Crippen LogP contribution in [0.25, 0.3) is 0 Å². The fourth-order valence-electron chi connectivity index (χ4n) is 2.63. The van der Waals surface area contributed by atoms with E-state index in [2.05, 4.69) is 67.8 Å². The van der Waals surface area contributed by atoms with Gasteiger partial charge in [-0.25, -0.2) is 4.98 Å². The van der Waals surface area contributed by atoms with Crippen LogP contribution >= 0.6 is 0 Å². The van der Waals surface area contributed by atoms with Crippen molar-refractivity contribution in [2.24, 2.45) is 10.8 Å². The Kier molecular flexibility index (Phi) is 3.64. The largest absolute Gasteiger partial charge is 0.382 e. The SMILES string of the molecule is CC(C)(C)CN1[SiH2]N(CC(C)(C)C)c2ncccc21. The highest BCUT2D eigenvalue weighted by Crippen LogP contribution is 2.35. The van der Waals surface area contributed by atoms with E-state index in [0.29, 0.717) is 10.8 Å². The Balaban J connectivity index is 2.23. The van der Waals surface area contributed by atoms with Crippen LogP contribution in [-0.4, -0.2) is 27.9 Å². The Hall–Kier alpha value is -1.03. The molecule has 1 aromatic heterocycles. The van der Waals surface area contributed by atoms with Crippen LogP contribution in [-0.2, 0) is 0 Å². The van der Waals surface area contributed by atoms with Gasteiger partial charge >= 0.3 is 0 Å². The Morgan fingerprint density at radius 2 is 1.58 bits per heavy atom.